The molecule has 0 aliphatic rings. The fourth-order valence-corrected chi connectivity index (χ4v) is 1.95. The predicted molar refractivity (Wildman–Crippen MR) is 84.1 cm³/mol. The van der Waals surface area contributed by atoms with Crippen LogP contribution in [-0.2, 0) is 0 Å². The van der Waals surface area contributed by atoms with E-state index in [1.54, 1.807) is 31.2 Å². The second kappa shape index (κ2) is 7.47. The van der Waals surface area contributed by atoms with Gasteiger partial charge < -0.3 is 9.47 Å². The summed E-state index contributed by atoms with van der Waals surface area (Å²) in [6.45, 7) is 2.18. The normalized spacial score (nSPS) is 9.91. The van der Waals surface area contributed by atoms with Gasteiger partial charge in [0.2, 0.25) is 0 Å². The van der Waals surface area contributed by atoms with E-state index >= 15 is 0 Å². The van der Waals surface area contributed by atoms with Gasteiger partial charge in [0.05, 0.1) is 6.61 Å². The highest BCUT2D eigenvalue weighted by Crippen LogP contribution is 2.28. The number of halogens is 1. The molecule has 0 fully saturated rings. The first-order valence-corrected chi connectivity index (χ1v) is 6.96. The summed E-state index contributed by atoms with van der Waals surface area (Å²) in [4.78, 5) is 22.7. The molecule has 0 radical (unpaired) electrons. The minimum Gasteiger partial charge on any atom is -0.490 e. The number of aldehydes is 1. The number of amides is 1. The molecule has 1 amide bonds. The number of carbonyl (C=O) groups is 2. The van der Waals surface area contributed by atoms with Crippen molar-refractivity contribution in [3.8, 4) is 11.5 Å². The maximum Gasteiger partial charge on any atom is 0.417 e. The molecule has 0 atom stereocenters. The summed E-state index contributed by atoms with van der Waals surface area (Å²) in [6, 6.07) is 11.3. The number of hydrogen-bond acceptors (Lipinski definition) is 4. The highest BCUT2D eigenvalue weighted by Gasteiger charge is 2.11. The Balaban J connectivity index is 2.12. The molecule has 0 saturated heterocycles. The monoisotopic (exact) mass is 319 g/mol. The molecule has 0 spiro atoms. The van der Waals surface area contributed by atoms with Gasteiger partial charge in [-0.2, -0.15) is 0 Å². The highest BCUT2D eigenvalue weighted by molar-refractivity contribution is 6.30. The van der Waals surface area contributed by atoms with Crippen LogP contribution in [0.5, 0.6) is 11.5 Å². The summed E-state index contributed by atoms with van der Waals surface area (Å²) in [5.74, 6) is 0.556. The van der Waals surface area contributed by atoms with E-state index in [1.807, 2.05) is 0 Å². The average Bonchev–Trinajstić information content (AvgIpc) is 2.49. The van der Waals surface area contributed by atoms with Crippen LogP contribution in [0.3, 0.4) is 0 Å². The molecule has 0 bridgehead atoms. The van der Waals surface area contributed by atoms with Gasteiger partial charge in [0.15, 0.2) is 11.5 Å². The fraction of sp³-hybridized carbons (Fsp3) is 0.125. The van der Waals surface area contributed by atoms with Crippen LogP contribution < -0.4 is 14.8 Å². The number of rotatable bonds is 5. The summed E-state index contributed by atoms with van der Waals surface area (Å²) in [7, 11) is 0. The van der Waals surface area contributed by atoms with Crippen LogP contribution in [0.2, 0.25) is 5.02 Å². The van der Waals surface area contributed by atoms with Gasteiger partial charge in [-0.25, -0.2) is 4.79 Å². The molecule has 114 valence electrons. The lowest BCUT2D eigenvalue weighted by Gasteiger charge is -2.11. The van der Waals surface area contributed by atoms with Gasteiger partial charge >= 0.3 is 6.09 Å². The quantitative estimate of drug-likeness (QED) is 0.840. The summed E-state index contributed by atoms with van der Waals surface area (Å²) in [5.41, 5.74) is 0.950. The van der Waals surface area contributed by atoms with Crippen molar-refractivity contribution in [3.05, 3.63) is 53.1 Å². The molecule has 2 rings (SSSR count). The number of anilines is 1. The lowest BCUT2D eigenvalue weighted by atomic mass is 10.2. The Morgan fingerprint density at radius 1 is 1.23 bits per heavy atom. The second-order valence-corrected chi connectivity index (χ2v) is 4.72. The van der Waals surface area contributed by atoms with Gasteiger partial charge in [0.25, 0.3) is 0 Å². The van der Waals surface area contributed by atoms with E-state index < -0.39 is 6.09 Å². The van der Waals surface area contributed by atoms with Crippen molar-refractivity contribution in [2.45, 2.75) is 6.92 Å². The lowest BCUT2D eigenvalue weighted by molar-refractivity contribution is 0.112. The van der Waals surface area contributed by atoms with Gasteiger partial charge in [-0.3, -0.25) is 10.1 Å². The van der Waals surface area contributed by atoms with E-state index in [2.05, 4.69) is 5.32 Å². The first kappa shape index (κ1) is 15.9. The molecule has 0 aromatic heterocycles. The van der Waals surface area contributed by atoms with E-state index in [-0.39, 0.29) is 5.75 Å². The third kappa shape index (κ3) is 4.23. The second-order valence-electron chi connectivity index (χ2n) is 4.28. The zero-order valence-corrected chi connectivity index (χ0v) is 12.6. The van der Waals surface area contributed by atoms with Crippen molar-refractivity contribution in [1.29, 1.82) is 0 Å². The van der Waals surface area contributed by atoms with Crippen molar-refractivity contribution in [1.82, 2.24) is 0 Å². The Bertz CT molecular complexity index is 688. The van der Waals surface area contributed by atoms with Crippen LogP contribution in [0.1, 0.15) is 17.3 Å². The summed E-state index contributed by atoms with van der Waals surface area (Å²) in [6.07, 6.45) is 0.0142. The van der Waals surface area contributed by atoms with Gasteiger partial charge in [-0.05, 0) is 43.3 Å². The molecule has 1 N–H and O–H groups in total. The minimum atomic E-state index is -0.679. The molecule has 5 nitrogen and oxygen atoms in total. The van der Waals surface area contributed by atoms with Crippen molar-refractivity contribution in [2.75, 3.05) is 11.9 Å². The standard InChI is InChI=1S/C16H14ClNO4/c1-2-21-15-8-11(10-19)6-7-14(15)22-16(20)18-13-5-3-4-12(17)9-13/h3-10H,2H2,1H3,(H,18,20). The summed E-state index contributed by atoms with van der Waals surface area (Å²) >= 11 is 5.84. The van der Waals surface area contributed by atoms with Gasteiger partial charge in [0, 0.05) is 16.3 Å². The first-order chi connectivity index (χ1) is 10.6. The molecule has 0 unspecified atom stereocenters. The Hall–Kier alpha value is -2.53. The average molecular weight is 320 g/mol. The predicted octanol–water partition coefficient (Wildman–Crippen LogP) is 4.16. The van der Waals surface area contributed by atoms with Crippen molar-refractivity contribution in [2.24, 2.45) is 0 Å². The van der Waals surface area contributed by atoms with Crippen LogP contribution in [0.4, 0.5) is 10.5 Å². The molecule has 0 aliphatic carbocycles. The first-order valence-electron chi connectivity index (χ1n) is 6.59. The molecule has 0 aliphatic heterocycles. The Morgan fingerprint density at radius 3 is 2.73 bits per heavy atom. The fourth-order valence-electron chi connectivity index (χ4n) is 1.76. The molecule has 2 aromatic rings. The zero-order chi connectivity index (χ0) is 15.9. The maximum absolute atomic E-state index is 11.9. The maximum atomic E-state index is 11.9. The topological polar surface area (TPSA) is 64.6 Å². The highest BCUT2D eigenvalue weighted by atomic mass is 35.5. The number of ether oxygens (including phenoxy) is 2. The SMILES string of the molecule is CCOc1cc(C=O)ccc1OC(=O)Nc1cccc(Cl)c1. The molecular formula is C16H14ClNO4. The van der Waals surface area contributed by atoms with Crippen LogP contribution in [0, 0.1) is 0 Å². The minimum absolute atomic E-state index is 0.229. The Morgan fingerprint density at radius 2 is 2.05 bits per heavy atom. The van der Waals surface area contributed by atoms with Gasteiger partial charge in [-0.15, -0.1) is 0 Å². The van der Waals surface area contributed by atoms with Gasteiger partial charge in [0.1, 0.15) is 6.29 Å². The summed E-state index contributed by atoms with van der Waals surface area (Å²) in [5, 5.41) is 3.06. The molecule has 0 heterocycles. The molecule has 22 heavy (non-hydrogen) atoms. The van der Waals surface area contributed by atoms with E-state index in [1.165, 1.54) is 18.2 Å². The third-order valence-electron chi connectivity index (χ3n) is 2.68. The number of benzene rings is 2. The van der Waals surface area contributed by atoms with Crippen LogP contribution in [0.25, 0.3) is 0 Å². The molecule has 0 saturated carbocycles. The van der Waals surface area contributed by atoms with Crippen LogP contribution >= 0.6 is 11.6 Å². The number of carbonyl (C=O) groups excluding carboxylic acids is 2. The Kier molecular flexibility index (Phi) is 5.38. The molecule has 6 heteroatoms. The Labute approximate surface area is 132 Å². The van der Waals surface area contributed by atoms with Gasteiger partial charge in [-0.1, -0.05) is 17.7 Å². The van der Waals surface area contributed by atoms with Crippen molar-refractivity contribution < 1.29 is 19.1 Å². The smallest absolute Gasteiger partial charge is 0.417 e. The van der Waals surface area contributed by atoms with E-state index in [0.717, 1.165) is 0 Å². The molecular weight excluding hydrogens is 306 g/mol. The number of nitrogens with one attached hydrogen (secondary N) is 1. The lowest BCUT2D eigenvalue weighted by Crippen LogP contribution is -2.17. The van der Waals surface area contributed by atoms with Crippen LogP contribution in [-0.4, -0.2) is 19.0 Å². The van der Waals surface area contributed by atoms with Crippen molar-refractivity contribution >= 4 is 29.7 Å². The third-order valence-corrected chi connectivity index (χ3v) is 2.91. The molecule has 2 aromatic carbocycles. The largest absolute Gasteiger partial charge is 0.490 e. The van der Waals surface area contributed by atoms with Crippen LogP contribution in [0.15, 0.2) is 42.5 Å². The van der Waals surface area contributed by atoms with E-state index in [0.29, 0.717) is 34.9 Å². The zero-order valence-electron chi connectivity index (χ0n) is 11.8. The summed E-state index contributed by atoms with van der Waals surface area (Å²) < 4.78 is 10.6. The van der Waals surface area contributed by atoms with E-state index in [9.17, 15) is 9.59 Å². The van der Waals surface area contributed by atoms with E-state index in [4.69, 9.17) is 21.1 Å². The number of hydrogen-bond donors (Lipinski definition) is 1. The van der Waals surface area contributed by atoms with Crippen molar-refractivity contribution in [3.63, 3.8) is 0 Å².